The fourth-order valence-corrected chi connectivity index (χ4v) is 4.12. The predicted molar refractivity (Wildman–Crippen MR) is 119 cm³/mol. The van der Waals surface area contributed by atoms with E-state index in [0.717, 1.165) is 61.2 Å². The van der Waals surface area contributed by atoms with Crippen molar-refractivity contribution >= 4 is 39.8 Å². The molecule has 1 aromatic carbocycles. The van der Waals surface area contributed by atoms with Gasteiger partial charge in [-0.05, 0) is 57.1 Å². The molecule has 0 radical (unpaired) electrons. The summed E-state index contributed by atoms with van der Waals surface area (Å²) in [4.78, 5) is 34.0. The molecule has 29 heavy (non-hydrogen) atoms. The van der Waals surface area contributed by atoms with Crippen LogP contribution in [-0.2, 0) is 9.59 Å². The van der Waals surface area contributed by atoms with Gasteiger partial charge in [-0.1, -0.05) is 29.3 Å². The Morgan fingerprint density at radius 1 is 1.34 bits per heavy atom. The molecule has 0 bridgehead atoms. The third-order valence-corrected chi connectivity index (χ3v) is 5.67. The second-order valence-corrected chi connectivity index (χ2v) is 8.44. The predicted octanol–water partition coefficient (Wildman–Crippen LogP) is 3.14. The summed E-state index contributed by atoms with van der Waals surface area (Å²) in [6.45, 7) is 7.38. The highest BCUT2D eigenvalue weighted by molar-refractivity contribution is 9.10. The van der Waals surface area contributed by atoms with Crippen LogP contribution in [0.3, 0.4) is 0 Å². The van der Waals surface area contributed by atoms with E-state index in [0.29, 0.717) is 12.2 Å². The van der Waals surface area contributed by atoms with Crippen molar-refractivity contribution in [3.63, 3.8) is 0 Å². The summed E-state index contributed by atoms with van der Waals surface area (Å²) in [6, 6.07) is 5.65. The third kappa shape index (κ3) is 6.90. The van der Waals surface area contributed by atoms with E-state index in [2.05, 4.69) is 39.7 Å². The minimum absolute atomic E-state index is 0.112. The molecule has 160 valence electrons. The largest absolute Gasteiger partial charge is 0.480 e. The van der Waals surface area contributed by atoms with Gasteiger partial charge in [0.1, 0.15) is 12.4 Å². The van der Waals surface area contributed by atoms with E-state index in [1.807, 2.05) is 25.1 Å². The first-order chi connectivity index (χ1) is 13.8. The second-order valence-electron chi connectivity index (χ2n) is 7.53. The number of aryl methyl sites for hydroxylation is 1. The van der Waals surface area contributed by atoms with Gasteiger partial charge in [0.2, 0.25) is 6.41 Å². The van der Waals surface area contributed by atoms with Crippen molar-refractivity contribution in [2.45, 2.75) is 39.2 Å². The maximum Gasteiger partial charge on any atom is 0.323 e. The lowest BCUT2D eigenvalue weighted by atomic mass is 10.1. The summed E-state index contributed by atoms with van der Waals surface area (Å²) in [5, 5.41) is 9.34. The molecule has 2 rings (SSSR count). The molecular weight excluding hydrogens is 436 g/mol. The van der Waals surface area contributed by atoms with Crippen LogP contribution in [0.5, 0.6) is 0 Å². The molecular formula is C21H31BrN4O3. The molecule has 1 atom stereocenters. The van der Waals surface area contributed by atoms with Crippen molar-refractivity contribution < 1.29 is 14.7 Å². The quantitative estimate of drug-likeness (QED) is 0.361. The van der Waals surface area contributed by atoms with Crippen LogP contribution in [0.2, 0.25) is 0 Å². The molecule has 7 nitrogen and oxygen atoms in total. The van der Waals surface area contributed by atoms with Crippen LogP contribution in [0.4, 0.5) is 5.69 Å². The molecule has 0 spiro atoms. The van der Waals surface area contributed by atoms with Crippen LogP contribution in [0, 0.1) is 6.92 Å². The highest BCUT2D eigenvalue weighted by Gasteiger charge is 2.29. The van der Waals surface area contributed by atoms with E-state index >= 15 is 0 Å². The van der Waals surface area contributed by atoms with Crippen molar-refractivity contribution in [2.75, 3.05) is 39.8 Å². The highest BCUT2D eigenvalue weighted by atomic mass is 79.9. The second kappa shape index (κ2) is 11.4. The first-order valence-corrected chi connectivity index (χ1v) is 10.9. The van der Waals surface area contributed by atoms with Gasteiger partial charge >= 0.3 is 5.97 Å². The molecule has 0 saturated carbocycles. The van der Waals surface area contributed by atoms with Gasteiger partial charge in [0.05, 0.1) is 11.7 Å². The Bertz CT molecular complexity index is 741. The number of carboxylic acid groups (broad SMARTS) is 1. The monoisotopic (exact) mass is 466 g/mol. The van der Waals surface area contributed by atoms with Crippen LogP contribution in [0.15, 0.2) is 27.7 Å². The zero-order chi connectivity index (χ0) is 21.4. The van der Waals surface area contributed by atoms with Gasteiger partial charge < -0.3 is 10.0 Å². The van der Waals surface area contributed by atoms with Crippen LogP contribution in [0.1, 0.15) is 31.7 Å². The lowest BCUT2D eigenvalue weighted by Gasteiger charge is -2.34. The Balaban J connectivity index is 2.50. The number of nitrogens with zero attached hydrogens (tertiary/aromatic N) is 4. The average molecular weight is 467 g/mol. The van der Waals surface area contributed by atoms with Crippen molar-refractivity contribution in [3.8, 4) is 0 Å². The van der Waals surface area contributed by atoms with Crippen molar-refractivity contribution in [3.05, 3.63) is 28.2 Å². The number of aliphatic carboxylic acids is 1. The summed E-state index contributed by atoms with van der Waals surface area (Å²) < 4.78 is 0.953. The number of hydrogen-bond donors (Lipinski definition) is 1. The minimum atomic E-state index is -1.05. The number of carbonyl (C=O) groups excluding carboxylic acids is 1. The summed E-state index contributed by atoms with van der Waals surface area (Å²) in [6.07, 6.45) is 3.34. The fourth-order valence-electron chi connectivity index (χ4n) is 3.64. The zero-order valence-electron chi connectivity index (χ0n) is 17.5. The molecule has 0 aromatic heterocycles. The number of carboxylic acids is 1. The third-order valence-electron chi connectivity index (χ3n) is 5.18. The van der Waals surface area contributed by atoms with Crippen molar-refractivity contribution in [1.82, 2.24) is 14.7 Å². The molecule has 1 aliphatic heterocycles. The zero-order valence-corrected chi connectivity index (χ0v) is 19.1. The smallest absolute Gasteiger partial charge is 0.323 e. The summed E-state index contributed by atoms with van der Waals surface area (Å²) in [5.41, 5.74) is 1.71. The van der Waals surface area contributed by atoms with Crippen LogP contribution in [-0.4, -0.2) is 83.8 Å². The Labute approximate surface area is 181 Å². The van der Waals surface area contributed by atoms with Crippen molar-refractivity contribution in [2.24, 2.45) is 4.99 Å². The van der Waals surface area contributed by atoms with E-state index in [-0.39, 0.29) is 6.04 Å². The van der Waals surface area contributed by atoms with E-state index < -0.39 is 12.5 Å². The Morgan fingerprint density at radius 2 is 2.10 bits per heavy atom. The molecule has 8 heteroatoms. The SMILES string of the molecule is CCCC(/C(=N/c1ccc(Br)cc1C)N(C=O)CC(=O)O)N1CCCN(C)CC1. The van der Waals surface area contributed by atoms with E-state index in [4.69, 9.17) is 4.99 Å². The van der Waals surface area contributed by atoms with Gasteiger partial charge in [0.25, 0.3) is 0 Å². The van der Waals surface area contributed by atoms with E-state index in [1.165, 1.54) is 4.90 Å². The van der Waals surface area contributed by atoms with Gasteiger partial charge in [-0.2, -0.15) is 0 Å². The number of aliphatic imine (C=N–C) groups is 1. The molecule has 1 N–H and O–H groups in total. The van der Waals surface area contributed by atoms with Crippen molar-refractivity contribution in [1.29, 1.82) is 0 Å². The van der Waals surface area contributed by atoms with Crippen LogP contribution in [0.25, 0.3) is 0 Å². The molecule has 1 saturated heterocycles. The first kappa shape index (κ1) is 23.5. The van der Waals surface area contributed by atoms with Gasteiger partial charge in [0, 0.05) is 24.1 Å². The maximum absolute atomic E-state index is 11.9. The van der Waals surface area contributed by atoms with E-state index in [1.54, 1.807) is 0 Å². The van der Waals surface area contributed by atoms with Gasteiger partial charge in [-0.25, -0.2) is 4.99 Å². The molecule has 1 aromatic rings. The normalized spacial score (nSPS) is 17.6. The average Bonchev–Trinajstić information content (AvgIpc) is 2.88. The minimum Gasteiger partial charge on any atom is -0.480 e. The Hall–Kier alpha value is -1.77. The number of amidine groups is 1. The molecule has 1 heterocycles. The Kier molecular flexibility index (Phi) is 9.26. The van der Waals surface area contributed by atoms with Gasteiger partial charge in [-0.15, -0.1) is 0 Å². The standard InChI is InChI=1S/C21H31BrN4O3/c1-4-6-19(25-10-5-9-24(3)11-12-25)21(26(15-27)14-20(28)29)23-18-8-7-17(22)13-16(18)2/h7-8,13,15,19H,4-6,9-12,14H2,1-3H3,(H,28,29)/b23-21-. The van der Waals surface area contributed by atoms with Crippen LogP contribution >= 0.6 is 15.9 Å². The summed E-state index contributed by atoms with van der Waals surface area (Å²) in [5.74, 6) is -0.539. The number of likely N-dealkylation sites (N-methyl/N-ethyl adjacent to an activating group) is 1. The topological polar surface area (TPSA) is 76.4 Å². The van der Waals surface area contributed by atoms with Gasteiger partial charge in [0.15, 0.2) is 0 Å². The maximum atomic E-state index is 11.9. The number of halogens is 1. The molecule has 1 amide bonds. The van der Waals surface area contributed by atoms with Crippen LogP contribution < -0.4 is 0 Å². The fraction of sp³-hybridized carbons (Fsp3) is 0.571. The molecule has 0 aliphatic carbocycles. The first-order valence-electron chi connectivity index (χ1n) is 10.1. The number of amides is 1. The summed E-state index contributed by atoms with van der Waals surface area (Å²) >= 11 is 3.46. The number of hydrogen-bond acceptors (Lipinski definition) is 5. The number of carbonyl (C=O) groups is 2. The molecule has 1 fully saturated rings. The number of rotatable bonds is 8. The molecule has 1 aliphatic rings. The number of benzene rings is 1. The molecule has 1 unspecified atom stereocenters. The lowest BCUT2D eigenvalue weighted by Crippen LogP contribution is -2.50. The van der Waals surface area contributed by atoms with E-state index in [9.17, 15) is 14.7 Å². The Morgan fingerprint density at radius 3 is 2.72 bits per heavy atom. The summed E-state index contributed by atoms with van der Waals surface area (Å²) in [7, 11) is 2.11. The van der Waals surface area contributed by atoms with Gasteiger partial charge in [-0.3, -0.25) is 19.4 Å². The lowest BCUT2D eigenvalue weighted by molar-refractivity contribution is -0.139. The highest BCUT2D eigenvalue weighted by Crippen LogP contribution is 2.25.